The average molecular weight is 375 g/mol. The van der Waals surface area contributed by atoms with Crippen molar-refractivity contribution < 1.29 is 28.0 Å². The van der Waals surface area contributed by atoms with Crippen LogP contribution in [0, 0.1) is 11.8 Å². The first-order valence-corrected chi connectivity index (χ1v) is 8.11. The van der Waals surface area contributed by atoms with Gasteiger partial charge >= 0.3 is 6.18 Å². The van der Waals surface area contributed by atoms with Gasteiger partial charge in [0.2, 0.25) is 12.4 Å². The van der Waals surface area contributed by atoms with E-state index in [0.29, 0.717) is 24.8 Å². The molecule has 11 heteroatoms. The Morgan fingerprint density at radius 2 is 2.04 bits per heavy atom. The Morgan fingerprint density at radius 3 is 2.62 bits per heavy atom. The number of rotatable bonds is 6. The highest BCUT2D eigenvalue weighted by molar-refractivity contribution is 5.84. The summed E-state index contributed by atoms with van der Waals surface area (Å²) in [4.78, 5) is 30.1. The van der Waals surface area contributed by atoms with E-state index in [2.05, 4.69) is 27.7 Å². The summed E-state index contributed by atoms with van der Waals surface area (Å²) >= 11 is 0. The van der Waals surface area contributed by atoms with Gasteiger partial charge in [-0.3, -0.25) is 25.6 Å². The fraction of sp³-hybridized carbons (Fsp3) is 0.600. The molecule has 2 amide bonds. The maximum absolute atomic E-state index is 12.6. The molecule has 1 unspecified atom stereocenters. The first-order valence-electron chi connectivity index (χ1n) is 8.11. The number of carbonyl (C=O) groups is 2. The van der Waals surface area contributed by atoms with Crippen LogP contribution in [0.3, 0.4) is 0 Å². The number of hydrogen-bond acceptors (Lipinski definition) is 6. The van der Waals surface area contributed by atoms with E-state index in [1.165, 1.54) is 0 Å². The van der Waals surface area contributed by atoms with E-state index in [4.69, 9.17) is 0 Å². The first-order chi connectivity index (χ1) is 12.2. The van der Waals surface area contributed by atoms with Crippen LogP contribution in [-0.2, 0) is 15.8 Å². The fourth-order valence-corrected chi connectivity index (χ4v) is 2.99. The van der Waals surface area contributed by atoms with Gasteiger partial charge in [-0.25, -0.2) is 15.0 Å². The number of halogens is 3. The molecular weight excluding hydrogens is 355 g/mol. The second-order valence-corrected chi connectivity index (χ2v) is 6.33. The molecular formula is C15H20F3N5O3. The number of hydrazine groups is 1. The lowest BCUT2D eigenvalue weighted by molar-refractivity contribution is -0.173. The van der Waals surface area contributed by atoms with Crippen molar-refractivity contribution in [3.05, 3.63) is 18.0 Å². The van der Waals surface area contributed by atoms with Gasteiger partial charge in [-0.1, -0.05) is 19.8 Å². The highest BCUT2D eigenvalue weighted by Gasteiger charge is 2.36. The summed E-state index contributed by atoms with van der Waals surface area (Å²) in [7, 11) is 0. The lowest BCUT2D eigenvalue weighted by Crippen LogP contribution is -2.51. The number of anilines is 1. The average Bonchev–Trinajstić information content (AvgIpc) is 2.61. The number of nitrogens with zero attached hydrogens (tertiary/aromatic N) is 3. The largest absolute Gasteiger partial charge is 0.433 e. The molecule has 1 fully saturated rings. The van der Waals surface area contributed by atoms with Gasteiger partial charge < -0.3 is 0 Å². The molecule has 3 N–H and O–H groups in total. The van der Waals surface area contributed by atoms with Gasteiger partial charge in [-0.15, -0.1) is 0 Å². The fourth-order valence-electron chi connectivity index (χ4n) is 2.99. The first kappa shape index (κ1) is 19.9. The zero-order valence-electron chi connectivity index (χ0n) is 14.0. The minimum Gasteiger partial charge on any atom is -0.285 e. The SMILES string of the molecule is CC1CCC(C(C(=O)NNc2nccc(C(F)(F)F)n2)N(O)C=O)CC1. The molecule has 1 aliphatic rings. The summed E-state index contributed by atoms with van der Waals surface area (Å²) < 4.78 is 37.9. The quantitative estimate of drug-likeness (QED) is 0.399. The third-order valence-electron chi connectivity index (χ3n) is 4.41. The van der Waals surface area contributed by atoms with Crippen molar-refractivity contribution in [3.8, 4) is 0 Å². The summed E-state index contributed by atoms with van der Waals surface area (Å²) in [5, 5.41) is 10.0. The summed E-state index contributed by atoms with van der Waals surface area (Å²) in [6.07, 6.45) is -0.633. The van der Waals surface area contributed by atoms with Crippen LogP contribution in [0.15, 0.2) is 12.3 Å². The smallest absolute Gasteiger partial charge is 0.285 e. The Bertz CT molecular complexity index is 635. The number of nitrogens with one attached hydrogen (secondary N) is 2. The molecule has 1 aromatic heterocycles. The highest BCUT2D eigenvalue weighted by Crippen LogP contribution is 2.32. The number of amides is 2. The van der Waals surface area contributed by atoms with Gasteiger partial charge in [-0.2, -0.15) is 13.2 Å². The highest BCUT2D eigenvalue weighted by atomic mass is 19.4. The van der Waals surface area contributed by atoms with Crippen LogP contribution >= 0.6 is 0 Å². The topological polar surface area (TPSA) is 107 Å². The minimum absolute atomic E-state index is 0.128. The van der Waals surface area contributed by atoms with Gasteiger partial charge in [0, 0.05) is 6.20 Å². The van der Waals surface area contributed by atoms with E-state index in [0.717, 1.165) is 19.0 Å². The molecule has 8 nitrogen and oxygen atoms in total. The van der Waals surface area contributed by atoms with Crippen molar-refractivity contribution in [2.45, 2.75) is 44.8 Å². The van der Waals surface area contributed by atoms with E-state index in [1.54, 1.807) is 0 Å². The van der Waals surface area contributed by atoms with Crippen LogP contribution < -0.4 is 10.9 Å². The molecule has 0 spiro atoms. The normalized spacial score (nSPS) is 21.6. The molecule has 2 rings (SSSR count). The molecule has 1 atom stereocenters. The lowest BCUT2D eigenvalue weighted by Gasteiger charge is -2.34. The van der Waals surface area contributed by atoms with Crippen molar-refractivity contribution in [3.63, 3.8) is 0 Å². The standard InChI is InChI=1S/C15H20F3N5O3/c1-9-2-4-10(5-3-9)12(23(26)8-24)13(25)21-22-14-19-7-6-11(20-14)15(16,17)18/h6-10,12,26H,2-5H2,1H3,(H,21,25)(H,19,20,22). The predicted octanol–water partition coefficient (Wildman–Crippen LogP) is 1.98. The van der Waals surface area contributed by atoms with Crippen LogP contribution in [-0.4, -0.2) is 38.6 Å². The maximum atomic E-state index is 12.6. The Balaban J connectivity index is 2.04. The molecule has 0 aliphatic heterocycles. The molecule has 26 heavy (non-hydrogen) atoms. The van der Waals surface area contributed by atoms with Crippen LogP contribution in [0.5, 0.6) is 0 Å². The molecule has 1 heterocycles. The molecule has 0 radical (unpaired) electrons. The minimum atomic E-state index is -4.65. The van der Waals surface area contributed by atoms with Crippen LogP contribution in [0.25, 0.3) is 0 Å². The van der Waals surface area contributed by atoms with E-state index in [-0.39, 0.29) is 17.4 Å². The summed E-state index contributed by atoms with van der Waals surface area (Å²) in [5.74, 6) is -0.986. The third kappa shape index (κ3) is 5.04. The van der Waals surface area contributed by atoms with Crippen molar-refractivity contribution in [2.24, 2.45) is 11.8 Å². The van der Waals surface area contributed by atoms with Gasteiger partial charge in [-0.05, 0) is 30.7 Å². The Morgan fingerprint density at radius 1 is 1.38 bits per heavy atom. The van der Waals surface area contributed by atoms with Gasteiger partial charge in [0.05, 0.1) is 0 Å². The van der Waals surface area contributed by atoms with Gasteiger partial charge in [0.15, 0.2) is 0 Å². The Hall–Kier alpha value is -2.43. The number of carbonyl (C=O) groups excluding carboxylic acids is 2. The summed E-state index contributed by atoms with van der Waals surface area (Å²) in [6.45, 7) is 2.08. The predicted molar refractivity (Wildman–Crippen MR) is 83.4 cm³/mol. The van der Waals surface area contributed by atoms with Crippen molar-refractivity contribution in [1.82, 2.24) is 20.5 Å². The van der Waals surface area contributed by atoms with E-state index < -0.39 is 29.8 Å². The van der Waals surface area contributed by atoms with E-state index >= 15 is 0 Å². The molecule has 144 valence electrons. The number of hydroxylamine groups is 2. The molecule has 0 aromatic carbocycles. The van der Waals surface area contributed by atoms with Crippen molar-refractivity contribution in [2.75, 3.05) is 5.43 Å². The third-order valence-corrected chi connectivity index (χ3v) is 4.41. The summed E-state index contributed by atoms with van der Waals surface area (Å²) in [6, 6.07) is -0.459. The van der Waals surface area contributed by atoms with Gasteiger partial charge in [0.1, 0.15) is 11.7 Å². The van der Waals surface area contributed by atoms with Crippen molar-refractivity contribution >= 4 is 18.3 Å². The van der Waals surface area contributed by atoms with E-state index in [9.17, 15) is 28.0 Å². The van der Waals surface area contributed by atoms with Crippen LogP contribution in [0.2, 0.25) is 0 Å². The number of aromatic nitrogens is 2. The Labute approximate surface area is 147 Å². The van der Waals surface area contributed by atoms with Gasteiger partial charge in [0.25, 0.3) is 5.91 Å². The zero-order valence-corrected chi connectivity index (χ0v) is 14.0. The monoisotopic (exact) mass is 375 g/mol. The molecule has 0 saturated heterocycles. The Kier molecular flexibility index (Phi) is 6.35. The second-order valence-electron chi connectivity index (χ2n) is 6.33. The molecule has 1 saturated carbocycles. The number of alkyl halides is 3. The zero-order chi connectivity index (χ0) is 19.3. The van der Waals surface area contributed by atoms with E-state index in [1.807, 2.05) is 0 Å². The summed E-state index contributed by atoms with van der Waals surface area (Å²) in [5.41, 5.74) is 3.18. The number of hydrogen-bond donors (Lipinski definition) is 3. The maximum Gasteiger partial charge on any atom is 0.433 e. The second kappa shape index (κ2) is 8.30. The molecule has 1 aromatic rings. The molecule has 1 aliphatic carbocycles. The van der Waals surface area contributed by atoms with Crippen LogP contribution in [0.1, 0.15) is 38.3 Å². The van der Waals surface area contributed by atoms with Crippen molar-refractivity contribution in [1.29, 1.82) is 0 Å². The van der Waals surface area contributed by atoms with Crippen LogP contribution in [0.4, 0.5) is 19.1 Å². The molecule has 0 bridgehead atoms. The lowest BCUT2D eigenvalue weighted by atomic mass is 9.79.